The molecule has 0 fully saturated rings. The summed E-state index contributed by atoms with van der Waals surface area (Å²) in [4.78, 5) is 0. The fourth-order valence-corrected chi connectivity index (χ4v) is 2.55. The Hall–Kier alpha value is -1.40. The summed E-state index contributed by atoms with van der Waals surface area (Å²) in [5.74, 6) is 0. The normalized spacial score (nSPS) is 12.5. The number of alkyl halides is 6. The summed E-state index contributed by atoms with van der Waals surface area (Å²) >= 11 is 11.8. The van der Waals surface area contributed by atoms with Crippen LogP contribution in [0.2, 0.25) is 10.0 Å². The highest BCUT2D eigenvalue weighted by Gasteiger charge is 2.31. The van der Waals surface area contributed by atoms with E-state index in [1.54, 1.807) is 0 Å². The lowest BCUT2D eigenvalue weighted by Gasteiger charge is -2.13. The molecule has 0 N–H and O–H groups in total. The van der Waals surface area contributed by atoms with Gasteiger partial charge in [-0.15, -0.1) is 0 Å². The number of hydrogen-bond acceptors (Lipinski definition) is 0. The van der Waals surface area contributed by atoms with Crippen molar-refractivity contribution >= 4 is 23.2 Å². The van der Waals surface area contributed by atoms with Crippen molar-refractivity contribution in [2.45, 2.75) is 18.8 Å². The summed E-state index contributed by atoms with van der Waals surface area (Å²) in [7, 11) is 0. The van der Waals surface area contributed by atoms with Crippen LogP contribution in [0.3, 0.4) is 0 Å². The van der Waals surface area contributed by atoms with E-state index < -0.39 is 24.3 Å². The van der Waals surface area contributed by atoms with Gasteiger partial charge in [-0.1, -0.05) is 35.3 Å². The van der Waals surface area contributed by atoms with Crippen molar-refractivity contribution in [3.63, 3.8) is 0 Å². The van der Waals surface area contributed by atoms with Crippen molar-refractivity contribution in [2.75, 3.05) is 0 Å². The molecule has 2 rings (SSSR count). The second-order valence-electron chi connectivity index (χ2n) is 4.80. The smallest absolute Gasteiger partial charge is 0.171 e. The molecule has 0 nitrogen and oxygen atoms in total. The zero-order chi connectivity index (χ0) is 17.4. The standard InChI is InChI=1S/C15H8Cl2F6/c16-12-4-2-9(15(21,22)23)6-11(12)10-3-1-8(5-13(10)17)7-14(18,19)20/h1-6H,7H2. The van der Waals surface area contributed by atoms with Crippen LogP contribution in [-0.2, 0) is 12.6 Å². The topological polar surface area (TPSA) is 0 Å². The Morgan fingerprint density at radius 2 is 1.39 bits per heavy atom. The molecule has 0 aromatic heterocycles. The molecule has 0 aliphatic rings. The second-order valence-corrected chi connectivity index (χ2v) is 5.61. The van der Waals surface area contributed by atoms with Crippen molar-refractivity contribution < 1.29 is 26.3 Å². The van der Waals surface area contributed by atoms with E-state index >= 15 is 0 Å². The number of hydrogen-bond donors (Lipinski definition) is 0. The molecule has 0 aliphatic heterocycles. The second kappa shape index (κ2) is 6.24. The van der Waals surface area contributed by atoms with Crippen molar-refractivity contribution in [1.82, 2.24) is 0 Å². The van der Waals surface area contributed by atoms with E-state index in [0.717, 1.165) is 30.3 Å². The molecule has 0 bridgehead atoms. The molecule has 0 spiro atoms. The molecule has 0 amide bonds. The summed E-state index contributed by atoms with van der Waals surface area (Å²) in [6.45, 7) is 0. The number of halogens is 8. The third-order valence-electron chi connectivity index (χ3n) is 3.02. The summed E-state index contributed by atoms with van der Waals surface area (Å²) < 4.78 is 75.4. The molecule has 0 heterocycles. The Labute approximate surface area is 137 Å². The molecule has 124 valence electrons. The summed E-state index contributed by atoms with van der Waals surface area (Å²) in [6.07, 6.45) is -10.1. The summed E-state index contributed by atoms with van der Waals surface area (Å²) in [5, 5.41) is -0.0866. The quantitative estimate of drug-likeness (QED) is 0.509. The van der Waals surface area contributed by atoms with Gasteiger partial charge in [0.1, 0.15) is 0 Å². The van der Waals surface area contributed by atoms with Crippen molar-refractivity contribution in [1.29, 1.82) is 0 Å². The Bertz CT molecular complexity index is 719. The maximum Gasteiger partial charge on any atom is 0.416 e. The van der Waals surface area contributed by atoms with Crippen molar-refractivity contribution in [2.24, 2.45) is 0 Å². The molecule has 0 unspecified atom stereocenters. The van der Waals surface area contributed by atoms with Crippen LogP contribution in [0.5, 0.6) is 0 Å². The van der Waals surface area contributed by atoms with Gasteiger partial charge in [0.25, 0.3) is 0 Å². The van der Waals surface area contributed by atoms with Crippen LogP contribution in [-0.4, -0.2) is 6.18 Å². The Morgan fingerprint density at radius 1 is 0.739 bits per heavy atom. The third kappa shape index (κ3) is 4.54. The third-order valence-corrected chi connectivity index (χ3v) is 3.66. The molecule has 0 atom stereocenters. The van der Waals surface area contributed by atoms with Crippen LogP contribution in [0.25, 0.3) is 11.1 Å². The fourth-order valence-electron chi connectivity index (χ4n) is 2.03. The van der Waals surface area contributed by atoms with Gasteiger partial charge in [-0.3, -0.25) is 0 Å². The summed E-state index contributed by atoms with van der Waals surface area (Å²) in [5.41, 5.74) is -0.875. The van der Waals surface area contributed by atoms with E-state index in [9.17, 15) is 26.3 Å². The van der Waals surface area contributed by atoms with E-state index in [1.165, 1.54) is 6.07 Å². The minimum atomic E-state index is -4.57. The van der Waals surface area contributed by atoms with E-state index in [4.69, 9.17) is 23.2 Å². The van der Waals surface area contributed by atoms with Gasteiger partial charge in [0, 0.05) is 21.2 Å². The van der Waals surface area contributed by atoms with E-state index in [2.05, 4.69) is 0 Å². The SMILES string of the molecule is FC(F)(F)Cc1ccc(-c2cc(C(F)(F)F)ccc2Cl)c(Cl)c1. The average Bonchev–Trinajstić information content (AvgIpc) is 2.37. The van der Waals surface area contributed by atoms with Gasteiger partial charge in [-0.05, 0) is 29.8 Å². The van der Waals surface area contributed by atoms with Crippen LogP contribution < -0.4 is 0 Å². The molecular formula is C15H8Cl2F6. The van der Waals surface area contributed by atoms with Crippen LogP contribution in [0.4, 0.5) is 26.3 Å². The Kier molecular flexibility index (Phi) is 4.87. The minimum absolute atomic E-state index is 0.00468. The van der Waals surface area contributed by atoms with Gasteiger partial charge in [-0.25, -0.2) is 0 Å². The molecule has 2 aromatic rings. The van der Waals surface area contributed by atoms with Crippen LogP contribution >= 0.6 is 23.2 Å². The first kappa shape index (κ1) is 17.9. The van der Waals surface area contributed by atoms with E-state index in [1.807, 2.05) is 0 Å². The molecule has 0 radical (unpaired) electrons. The van der Waals surface area contributed by atoms with Gasteiger partial charge >= 0.3 is 12.4 Å². The zero-order valence-corrected chi connectivity index (χ0v) is 12.7. The van der Waals surface area contributed by atoms with Gasteiger partial charge in [-0.2, -0.15) is 26.3 Å². The van der Waals surface area contributed by atoms with Crippen molar-refractivity contribution in [3.8, 4) is 11.1 Å². The molecule has 0 saturated carbocycles. The molecular weight excluding hydrogens is 365 g/mol. The molecule has 0 aliphatic carbocycles. The van der Waals surface area contributed by atoms with Crippen LogP contribution in [0.1, 0.15) is 11.1 Å². The van der Waals surface area contributed by atoms with Crippen LogP contribution in [0, 0.1) is 0 Å². The lowest BCUT2D eigenvalue weighted by atomic mass is 10.0. The highest BCUT2D eigenvalue weighted by Crippen LogP contribution is 2.39. The largest absolute Gasteiger partial charge is 0.416 e. The lowest BCUT2D eigenvalue weighted by molar-refractivity contribution is -0.137. The molecule has 0 saturated heterocycles. The van der Waals surface area contributed by atoms with Gasteiger partial charge in [0.15, 0.2) is 0 Å². The predicted molar refractivity (Wildman–Crippen MR) is 76.7 cm³/mol. The monoisotopic (exact) mass is 372 g/mol. The van der Waals surface area contributed by atoms with Gasteiger partial charge < -0.3 is 0 Å². The first-order valence-corrected chi connectivity index (χ1v) is 6.95. The highest BCUT2D eigenvalue weighted by molar-refractivity contribution is 6.36. The molecule has 8 heteroatoms. The minimum Gasteiger partial charge on any atom is -0.171 e. The van der Waals surface area contributed by atoms with E-state index in [0.29, 0.717) is 0 Å². The average molecular weight is 373 g/mol. The maximum absolute atomic E-state index is 12.8. The van der Waals surface area contributed by atoms with E-state index in [-0.39, 0.29) is 26.7 Å². The van der Waals surface area contributed by atoms with Crippen molar-refractivity contribution in [3.05, 3.63) is 57.6 Å². The predicted octanol–water partition coefficient (Wildman–Crippen LogP) is 6.78. The summed E-state index contributed by atoms with van der Waals surface area (Å²) in [6, 6.07) is 6.15. The van der Waals surface area contributed by atoms with Gasteiger partial charge in [0.05, 0.1) is 12.0 Å². The lowest BCUT2D eigenvalue weighted by Crippen LogP contribution is -2.11. The van der Waals surface area contributed by atoms with Gasteiger partial charge in [0.2, 0.25) is 0 Å². The molecule has 23 heavy (non-hydrogen) atoms. The number of rotatable bonds is 2. The fraction of sp³-hybridized carbons (Fsp3) is 0.200. The Morgan fingerprint density at radius 3 is 1.91 bits per heavy atom. The highest BCUT2D eigenvalue weighted by atomic mass is 35.5. The molecule has 2 aromatic carbocycles. The zero-order valence-electron chi connectivity index (χ0n) is 11.2. The maximum atomic E-state index is 12.8. The first-order chi connectivity index (χ1) is 10.5. The van der Waals surface area contributed by atoms with Crippen LogP contribution in [0.15, 0.2) is 36.4 Å². The Balaban J connectivity index is 2.47. The number of benzene rings is 2. The first-order valence-electron chi connectivity index (χ1n) is 6.20.